The Labute approximate surface area is 135 Å². The van der Waals surface area contributed by atoms with Gasteiger partial charge in [-0.05, 0) is 41.3 Å². The number of halogens is 1. The predicted molar refractivity (Wildman–Crippen MR) is 87.7 cm³/mol. The summed E-state index contributed by atoms with van der Waals surface area (Å²) in [4.78, 5) is 11.4. The van der Waals surface area contributed by atoms with E-state index >= 15 is 0 Å². The lowest BCUT2D eigenvalue weighted by atomic mass is 10.00. The molecule has 0 radical (unpaired) electrons. The molecule has 22 heavy (non-hydrogen) atoms. The zero-order valence-electron chi connectivity index (χ0n) is 12.6. The second-order valence-corrected chi connectivity index (χ2v) is 5.94. The van der Waals surface area contributed by atoms with Crippen LogP contribution in [0.1, 0.15) is 30.9 Å². The number of carboxylic acids is 1. The van der Waals surface area contributed by atoms with Crippen LogP contribution in [-0.2, 0) is 11.2 Å². The molecular weight excluding hydrogens is 300 g/mol. The molecule has 116 valence electrons. The largest absolute Gasteiger partial charge is 0.478 e. The van der Waals surface area contributed by atoms with Crippen LogP contribution in [0.2, 0.25) is 5.02 Å². The molecule has 0 saturated carbocycles. The highest BCUT2D eigenvalue weighted by Gasteiger charge is 2.20. The van der Waals surface area contributed by atoms with Crippen LogP contribution >= 0.6 is 11.6 Å². The fourth-order valence-electron chi connectivity index (χ4n) is 2.11. The highest BCUT2D eigenvalue weighted by Crippen LogP contribution is 2.19. The molecule has 0 aliphatic carbocycles. The molecule has 2 aromatic rings. The minimum atomic E-state index is -0.983. The van der Waals surface area contributed by atoms with Crippen LogP contribution in [0.3, 0.4) is 0 Å². The van der Waals surface area contributed by atoms with E-state index in [0.29, 0.717) is 23.1 Å². The van der Waals surface area contributed by atoms with Gasteiger partial charge in [-0.1, -0.05) is 49.7 Å². The van der Waals surface area contributed by atoms with Gasteiger partial charge in [-0.15, -0.1) is 0 Å². The van der Waals surface area contributed by atoms with Crippen molar-refractivity contribution < 1.29 is 14.6 Å². The Morgan fingerprint density at radius 2 is 1.68 bits per heavy atom. The van der Waals surface area contributed by atoms with Gasteiger partial charge in [0.25, 0.3) is 0 Å². The molecule has 0 bridgehead atoms. The topological polar surface area (TPSA) is 46.5 Å². The maximum atomic E-state index is 11.4. The number of hydrogen-bond donors (Lipinski definition) is 1. The van der Waals surface area contributed by atoms with Gasteiger partial charge in [-0.3, -0.25) is 0 Å². The summed E-state index contributed by atoms with van der Waals surface area (Å²) in [6, 6.07) is 14.6. The average Bonchev–Trinajstić information content (AvgIpc) is 2.49. The maximum Gasteiger partial charge on any atom is 0.345 e. The van der Waals surface area contributed by atoms with Crippen molar-refractivity contribution in [3.8, 4) is 5.75 Å². The smallest absolute Gasteiger partial charge is 0.345 e. The number of benzene rings is 2. The minimum Gasteiger partial charge on any atom is -0.478 e. The third kappa shape index (κ3) is 4.50. The van der Waals surface area contributed by atoms with Crippen molar-refractivity contribution in [2.45, 2.75) is 32.3 Å². The van der Waals surface area contributed by atoms with Crippen molar-refractivity contribution in [3.63, 3.8) is 0 Å². The van der Waals surface area contributed by atoms with E-state index in [-0.39, 0.29) is 0 Å². The minimum absolute atomic E-state index is 0.316. The van der Waals surface area contributed by atoms with Gasteiger partial charge in [0.15, 0.2) is 6.10 Å². The Morgan fingerprint density at radius 1 is 1.09 bits per heavy atom. The third-order valence-corrected chi connectivity index (χ3v) is 3.69. The first-order chi connectivity index (χ1) is 10.5. The van der Waals surface area contributed by atoms with Crippen LogP contribution in [0.5, 0.6) is 5.75 Å². The first-order valence-corrected chi connectivity index (χ1v) is 7.57. The van der Waals surface area contributed by atoms with E-state index in [2.05, 4.69) is 13.8 Å². The van der Waals surface area contributed by atoms with Crippen molar-refractivity contribution in [1.29, 1.82) is 0 Å². The lowest BCUT2D eigenvalue weighted by molar-refractivity contribution is -0.145. The van der Waals surface area contributed by atoms with Crippen molar-refractivity contribution in [2.75, 3.05) is 0 Å². The van der Waals surface area contributed by atoms with Crippen molar-refractivity contribution >= 4 is 17.6 Å². The fourth-order valence-corrected chi connectivity index (χ4v) is 2.24. The molecule has 4 heteroatoms. The standard InChI is InChI=1S/C18H19ClO3/c1-12(2)14-5-3-13(4-6-14)11-17(18(20)21)22-16-9-7-15(19)8-10-16/h3-10,12,17H,11H2,1-2H3,(H,20,21). The quantitative estimate of drug-likeness (QED) is 0.850. The number of rotatable bonds is 6. The fraction of sp³-hybridized carbons (Fsp3) is 0.278. The van der Waals surface area contributed by atoms with Gasteiger partial charge in [0.2, 0.25) is 0 Å². The summed E-state index contributed by atoms with van der Waals surface area (Å²) in [5.41, 5.74) is 2.17. The lowest BCUT2D eigenvalue weighted by Gasteiger charge is -2.16. The Morgan fingerprint density at radius 3 is 2.18 bits per heavy atom. The molecule has 1 atom stereocenters. The van der Waals surface area contributed by atoms with Gasteiger partial charge in [0.05, 0.1) is 0 Å². The summed E-state index contributed by atoms with van der Waals surface area (Å²) < 4.78 is 5.55. The summed E-state index contributed by atoms with van der Waals surface area (Å²) in [6.45, 7) is 4.25. The average molecular weight is 319 g/mol. The molecule has 0 spiro atoms. The molecule has 0 amide bonds. The molecule has 0 heterocycles. The van der Waals surface area contributed by atoms with Crippen LogP contribution in [0, 0.1) is 0 Å². The van der Waals surface area contributed by atoms with Crippen LogP contribution < -0.4 is 4.74 Å². The Kier molecular flexibility index (Phi) is 5.45. The highest BCUT2D eigenvalue weighted by atomic mass is 35.5. The summed E-state index contributed by atoms with van der Waals surface area (Å²) in [5.74, 6) is -0.0341. The molecule has 1 unspecified atom stereocenters. The van der Waals surface area contributed by atoms with Gasteiger partial charge in [-0.25, -0.2) is 4.79 Å². The summed E-state index contributed by atoms with van der Waals surface area (Å²) in [6.07, 6.45) is -0.609. The third-order valence-electron chi connectivity index (χ3n) is 3.43. The van der Waals surface area contributed by atoms with E-state index < -0.39 is 12.1 Å². The molecule has 0 aliphatic heterocycles. The number of ether oxygens (including phenoxy) is 1. The molecular formula is C18H19ClO3. The van der Waals surface area contributed by atoms with Crippen molar-refractivity contribution in [1.82, 2.24) is 0 Å². The van der Waals surface area contributed by atoms with E-state index in [1.54, 1.807) is 24.3 Å². The maximum absolute atomic E-state index is 11.4. The zero-order chi connectivity index (χ0) is 16.1. The first-order valence-electron chi connectivity index (χ1n) is 7.19. The molecule has 0 fully saturated rings. The van der Waals surface area contributed by atoms with Crippen LogP contribution in [0.25, 0.3) is 0 Å². The van der Waals surface area contributed by atoms with E-state index in [9.17, 15) is 9.90 Å². The van der Waals surface area contributed by atoms with E-state index in [1.165, 1.54) is 5.56 Å². The Bertz CT molecular complexity index is 618. The number of aliphatic carboxylic acids is 1. The summed E-state index contributed by atoms with van der Waals surface area (Å²) in [7, 11) is 0. The van der Waals surface area contributed by atoms with E-state index in [0.717, 1.165) is 5.56 Å². The Hall–Kier alpha value is -2.00. The molecule has 1 N–H and O–H groups in total. The van der Waals surface area contributed by atoms with Gasteiger partial charge < -0.3 is 9.84 Å². The van der Waals surface area contributed by atoms with Crippen molar-refractivity contribution in [2.24, 2.45) is 0 Å². The van der Waals surface area contributed by atoms with Gasteiger partial charge >= 0.3 is 5.97 Å². The second-order valence-electron chi connectivity index (χ2n) is 5.50. The van der Waals surface area contributed by atoms with Crippen LogP contribution in [0.15, 0.2) is 48.5 Å². The SMILES string of the molecule is CC(C)c1ccc(CC(Oc2ccc(Cl)cc2)C(=O)O)cc1. The molecule has 0 saturated heterocycles. The molecule has 3 nitrogen and oxygen atoms in total. The number of hydrogen-bond acceptors (Lipinski definition) is 2. The number of carboxylic acid groups (broad SMARTS) is 1. The van der Waals surface area contributed by atoms with Crippen LogP contribution in [0.4, 0.5) is 0 Å². The number of carbonyl (C=O) groups is 1. The molecule has 2 rings (SSSR count). The molecule has 0 aliphatic rings. The van der Waals surface area contributed by atoms with Gasteiger partial charge in [0.1, 0.15) is 5.75 Å². The van der Waals surface area contributed by atoms with Gasteiger partial charge in [0, 0.05) is 11.4 Å². The predicted octanol–water partition coefficient (Wildman–Crippen LogP) is 4.54. The lowest BCUT2D eigenvalue weighted by Crippen LogP contribution is -2.29. The van der Waals surface area contributed by atoms with E-state index in [4.69, 9.17) is 16.3 Å². The second kappa shape index (κ2) is 7.32. The summed E-state index contributed by atoms with van der Waals surface area (Å²) >= 11 is 5.81. The Balaban J connectivity index is 2.08. The highest BCUT2D eigenvalue weighted by molar-refractivity contribution is 6.30. The van der Waals surface area contributed by atoms with Gasteiger partial charge in [-0.2, -0.15) is 0 Å². The van der Waals surface area contributed by atoms with E-state index in [1.807, 2.05) is 24.3 Å². The van der Waals surface area contributed by atoms with Crippen molar-refractivity contribution in [3.05, 3.63) is 64.7 Å². The molecule has 0 aromatic heterocycles. The summed E-state index contributed by atoms with van der Waals surface area (Å²) in [5, 5.41) is 9.93. The zero-order valence-corrected chi connectivity index (χ0v) is 13.4. The van der Waals surface area contributed by atoms with Crippen LogP contribution in [-0.4, -0.2) is 17.2 Å². The molecule has 2 aromatic carbocycles. The first kappa shape index (κ1) is 16.4. The monoisotopic (exact) mass is 318 g/mol. The normalized spacial score (nSPS) is 12.2.